The summed E-state index contributed by atoms with van der Waals surface area (Å²) < 4.78 is 32.6. The summed E-state index contributed by atoms with van der Waals surface area (Å²) in [6.45, 7) is 0.0159. The summed E-state index contributed by atoms with van der Waals surface area (Å²) in [6, 6.07) is 15.6. The van der Waals surface area contributed by atoms with Gasteiger partial charge in [0.1, 0.15) is 25.1 Å². The number of hydrogen-bond donors (Lipinski definition) is 2. The van der Waals surface area contributed by atoms with E-state index in [1.807, 2.05) is 12.1 Å². The van der Waals surface area contributed by atoms with Crippen molar-refractivity contribution in [3.8, 4) is 28.7 Å². The van der Waals surface area contributed by atoms with Gasteiger partial charge in [-0.15, -0.1) is 0 Å². The summed E-state index contributed by atoms with van der Waals surface area (Å²) in [5.74, 6) is 2.60. The molecule has 0 fully saturated rings. The Balaban J connectivity index is 1.48. The van der Waals surface area contributed by atoms with Crippen LogP contribution in [0.5, 0.6) is 28.7 Å². The predicted molar refractivity (Wildman–Crippen MR) is 119 cm³/mol. The van der Waals surface area contributed by atoms with Crippen LogP contribution in [0, 0.1) is 0 Å². The first-order valence-electron chi connectivity index (χ1n) is 10.2. The van der Waals surface area contributed by atoms with E-state index >= 15 is 0 Å². The topological polar surface area (TPSA) is 109 Å². The van der Waals surface area contributed by atoms with E-state index in [-0.39, 0.29) is 25.5 Å². The van der Waals surface area contributed by atoms with Crippen molar-refractivity contribution >= 4 is 5.91 Å². The summed E-state index contributed by atoms with van der Waals surface area (Å²) in [7, 11) is 4.58. The minimum absolute atomic E-state index is 0.0377. The Kier molecular flexibility index (Phi) is 8.43. The monoisotopic (exact) mass is 457 g/mol. The number of aliphatic hydroxyl groups excluding tert-OH is 1. The van der Waals surface area contributed by atoms with Gasteiger partial charge in [0.2, 0.25) is 5.75 Å². The number of para-hydroxylation sites is 3. The smallest absolute Gasteiger partial charge is 0.287 e. The zero-order valence-corrected chi connectivity index (χ0v) is 18.7. The van der Waals surface area contributed by atoms with E-state index in [4.69, 9.17) is 28.1 Å². The highest BCUT2D eigenvalue weighted by Crippen LogP contribution is 2.36. The van der Waals surface area contributed by atoms with E-state index in [0.717, 1.165) is 0 Å². The molecule has 176 valence electrons. The predicted octanol–water partition coefficient (Wildman–Crippen LogP) is 3.05. The molecule has 0 aliphatic carbocycles. The highest BCUT2D eigenvalue weighted by Gasteiger charge is 2.16. The van der Waals surface area contributed by atoms with Gasteiger partial charge in [-0.3, -0.25) is 4.79 Å². The van der Waals surface area contributed by atoms with Crippen LogP contribution in [0.25, 0.3) is 0 Å². The first-order valence-corrected chi connectivity index (χ1v) is 10.2. The number of furan rings is 1. The van der Waals surface area contributed by atoms with Gasteiger partial charge in [-0.05, 0) is 36.4 Å². The van der Waals surface area contributed by atoms with Crippen LogP contribution in [0.15, 0.2) is 59.0 Å². The number of rotatable bonds is 12. The van der Waals surface area contributed by atoms with Gasteiger partial charge in [0.15, 0.2) is 28.8 Å². The molecule has 2 aromatic carbocycles. The SMILES string of the molecule is COc1ccccc1OCc1ccc(C(=O)NCC(O)COc2c(OC)cccc2OC)o1. The Bertz CT molecular complexity index is 1030. The molecule has 0 aliphatic heterocycles. The number of carbonyl (C=O) groups is 1. The highest BCUT2D eigenvalue weighted by atomic mass is 16.5. The maximum Gasteiger partial charge on any atom is 0.287 e. The standard InChI is InChI=1S/C24H27NO8/c1-28-18-7-4-5-8-19(18)31-15-17-11-12-22(33-17)24(27)25-13-16(26)14-32-23-20(29-2)9-6-10-21(23)30-3/h4-12,16,26H,13-15H2,1-3H3,(H,25,27). The van der Waals surface area contributed by atoms with E-state index in [1.54, 1.807) is 49.6 Å². The first-order chi connectivity index (χ1) is 16.0. The van der Waals surface area contributed by atoms with E-state index in [1.165, 1.54) is 14.2 Å². The Labute approximate surface area is 191 Å². The summed E-state index contributed by atoms with van der Waals surface area (Å²) in [6.07, 6.45) is -0.966. The minimum Gasteiger partial charge on any atom is -0.493 e. The van der Waals surface area contributed by atoms with Crippen molar-refractivity contribution in [2.75, 3.05) is 34.5 Å². The Morgan fingerprint density at radius 3 is 2.18 bits per heavy atom. The van der Waals surface area contributed by atoms with E-state index < -0.39 is 12.0 Å². The molecule has 2 N–H and O–H groups in total. The Morgan fingerprint density at radius 2 is 1.52 bits per heavy atom. The lowest BCUT2D eigenvalue weighted by Crippen LogP contribution is -2.35. The van der Waals surface area contributed by atoms with Crippen LogP contribution in [0.4, 0.5) is 0 Å². The molecule has 0 saturated heterocycles. The molecule has 0 radical (unpaired) electrons. The lowest BCUT2D eigenvalue weighted by atomic mass is 10.3. The number of benzene rings is 2. The second-order valence-electron chi connectivity index (χ2n) is 6.87. The maximum absolute atomic E-state index is 12.4. The van der Waals surface area contributed by atoms with Gasteiger partial charge < -0.3 is 38.5 Å². The number of hydrogen-bond acceptors (Lipinski definition) is 8. The molecule has 1 aromatic heterocycles. The third kappa shape index (κ3) is 6.33. The summed E-state index contributed by atoms with van der Waals surface area (Å²) in [5.41, 5.74) is 0. The molecule has 33 heavy (non-hydrogen) atoms. The molecule has 9 heteroatoms. The van der Waals surface area contributed by atoms with E-state index in [9.17, 15) is 9.90 Å². The van der Waals surface area contributed by atoms with Gasteiger partial charge >= 0.3 is 0 Å². The Hall–Kier alpha value is -3.85. The minimum atomic E-state index is -0.966. The van der Waals surface area contributed by atoms with Crippen LogP contribution in [0.3, 0.4) is 0 Å². The number of aliphatic hydroxyl groups is 1. The van der Waals surface area contributed by atoms with Gasteiger partial charge in [-0.2, -0.15) is 0 Å². The summed E-state index contributed by atoms with van der Waals surface area (Å²) >= 11 is 0. The molecule has 1 amide bonds. The lowest BCUT2D eigenvalue weighted by Gasteiger charge is -2.16. The quantitative estimate of drug-likeness (QED) is 0.427. The molecule has 3 aromatic rings. The van der Waals surface area contributed by atoms with Crippen LogP contribution in [0.1, 0.15) is 16.3 Å². The fraction of sp³-hybridized carbons (Fsp3) is 0.292. The number of methoxy groups -OCH3 is 3. The second-order valence-corrected chi connectivity index (χ2v) is 6.87. The van der Waals surface area contributed by atoms with Gasteiger partial charge in [0.25, 0.3) is 5.91 Å². The normalized spacial score (nSPS) is 11.4. The first kappa shape index (κ1) is 23.8. The molecule has 0 aliphatic rings. The molecule has 0 spiro atoms. The van der Waals surface area contributed by atoms with Gasteiger partial charge in [0, 0.05) is 6.54 Å². The van der Waals surface area contributed by atoms with E-state index in [2.05, 4.69) is 5.32 Å². The van der Waals surface area contributed by atoms with Crippen molar-refractivity contribution in [3.63, 3.8) is 0 Å². The van der Waals surface area contributed by atoms with E-state index in [0.29, 0.717) is 34.5 Å². The largest absolute Gasteiger partial charge is 0.493 e. The fourth-order valence-electron chi connectivity index (χ4n) is 2.96. The van der Waals surface area contributed by atoms with Crippen LogP contribution < -0.4 is 29.0 Å². The Morgan fingerprint density at radius 1 is 0.879 bits per heavy atom. The average molecular weight is 457 g/mol. The van der Waals surface area contributed by atoms with Gasteiger partial charge in [-0.1, -0.05) is 18.2 Å². The van der Waals surface area contributed by atoms with Crippen molar-refractivity contribution in [1.82, 2.24) is 5.32 Å². The van der Waals surface area contributed by atoms with Crippen molar-refractivity contribution in [2.45, 2.75) is 12.7 Å². The number of ether oxygens (including phenoxy) is 5. The van der Waals surface area contributed by atoms with Crippen LogP contribution in [0.2, 0.25) is 0 Å². The zero-order valence-electron chi connectivity index (χ0n) is 18.7. The number of nitrogens with one attached hydrogen (secondary N) is 1. The number of amides is 1. The lowest BCUT2D eigenvalue weighted by molar-refractivity contribution is 0.0810. The highest BCUT2D eigenvalue weighted by molar-refractivity contribution is 5.91. The molecule has 1 atom stereocenters. The maximum atomic E-state index is 12.4. The molecule has 1 unspecified atom stereocenters. The third-order valence-electron chi connectivity index (χ3n) is 4.63. The van der Waals surface area contributed by atoms with Gasteiger partial charge in [0.05, 0.1) is 21.3 Å². The van der Waals surface area contributed by atoms with Crippen LogP contribution >= 0.6 is 0 Å². The van der Waals surface area contributed by atoms with Crippen LogP contribution in [-0.4, -0.2) is 51.6 Å². The van der Waals surface area contributed by atoms with Crippen molar-refractivity contribution < 1.29 is 38.0 Å². The summed E-state index contributed by atoms with van der Waals surface area (Å²) in [4.78, 5) is 12.4. The fourth-order valence-corrected chi connectivity index (χ4v) is 2.96. The molecule has 9 nitrogen and oxygen atoms in total. The molecule has 0 bridgehead atoms. The molecular weight excluding hydrogens is 430 g/mol. The molecule has 1 heterocycles. The van der Waals surface area contributed by atoms with Crippen molar-refractivity contribution in [3.05, 3.63) is 66.1 Å². The van der Waals surface area contributed by atoms with Crippen molar-refractivity contribution in [1.29, 1.82) is 0 Å². The van der Waals surface area contributed by atoms with Crippen LogP contribution in [-0.2, 0) is 6.61 Å². The van der Waals surface area contributed by atoms with Gasteiger partial charge in [-0.25, -0.2) is 0 Å². The zero-order chi connectivity index (χ0) is 23.6. The summed E-state index contributed by atoms with van der Waals surface area (Å²) in [5, 5.41) is 12.8. The molecule has 3 rings (SSSR count). The average Bonchev–Trinajstić information content (AvgIpc) is 3.33. The number of carbonyl (C=O) groups excluding carboxylic acids is 1. The molecule has 0 saturated carbocycles. The van der Waals surface area contributed by atoms with Crippen molar-refractivity contribution in [2.24, 2.45) is 0 Å². The molecular formula is C24H27NO8. The third-order valence-corrected chi connectivity index (χ3v) is 4.63. The second kappa shape index (κ2) is 11.7.